The number of aliphatic hydroxyl groups excluding tert-OH is 1. The SMILES string of the molecule is COc1cc(Br)c(C)c(CC(C)O)c1OC. The molecule has 0 saturated carbocycles. The molecule has 0 amide bonds. The quantitative estimate of drug-likeness (QED) is 0.926. The van der Waals surface area contributed by atoms with E-state index in [-0.39, 0.29) is 0 Å². The van der Waals surface area contributed by atoms with Gasteiger partial charge in [-0.3, -0.25) is 0 Å². The smallest absolute Gasteiger partial charge is 0.164 e. The zero-order chi connectivity index (χ0) is 12.3. The Labute approximate surface area is 105 Å². The van der Waals surface area contributed by atoms with Gasteiger partial charge in [-0.1, -0.05) is 15.9 Å². The second-order valence-corrected chi connectivity index (χ2v) is 4.60. The Balaban J connectivity index is 3.34. The summed E-state index contributed by atoms with van der Waals surface area (Å²) < 4.78 is 11.6. The third-order valence-electron chi connectivity index (χ3n) is 2.49. The second kappa shape index (κ2) is 5.55. The van der Waals surface area contributed by atoms with Crippen LogP contribution in [0.15, 0.2) is 10.5 Å². The van der Waals surface area contributed by atoms with Crippen LogP contribution in [0.5, 0.6) is 11.5 Å². The summed E-state index contributed by atoms with van der Waals surface area (Å²) in [6.45, 7) is 3.75. The van der Waals surface area contributed by atoms with Crippen LogP contribution in [0.25, 0.3) is 0 Å². The van der Waals surface area contributed by atoms with Crippen LogP contribution in [0.1, 0.15) is 18.1 Å². The fourth-order valence-electron chi connectivity index (χ4n) is 1.67. The molecule has 0 fully saturated rings. The van der Waals surface area contributed by atoms with Crippen molar-refractivity contribution in [3.63, 3.8) is 0 Å². The third-order valence-corrected chi connectivity index (χ3v) is 3.31. The van der Waals surface area contributed by atoms with Gasteiger partial charge in [-0.2, -0.15) is 0 Å². The zero-order valence-electron chi connectivity index (χ0n) is 10.0. The molecule has 0 saturated heterocycles. The largest absolute Gasteiger partial charge is 0.493 e. The first-order valence-electron chi connectivity index (χ1n) is 5.09. The van der Waals surface area contributed by atoms with E-state index in [1.807, 2.05) is 13.0 Å². The van der Waals surface area contributed by atoms with E-state index in [1.54, 1.807) is 21.1 Å². The summed E-state index contributed by atoms with van der Waals surface area (Å²) in [4.78, 5) is 0. The number of hydrogen-bond donors (Lipinski definition) is 1. The highest BCUT2D eigenvalue weighted by Gasteiger charge is 2.17. The molecule has 0 bridgehead atoms. The number of hydrogen-bond acceptors (Lipinski definition) is 3. The lowest BCUT2D eigenvalue weighted by Gasteiger charge is -2.17. The Morgan fingerprint density at radius 3 is 2.44 bits per heavy atom. The van der Waals surface area contributed by atoms with Crippen molar-refractivity contribution < 1.29 is 14.6 Å². The summed E-state index contributed by atoms with van der Waals surface area (Å²) in [6.07, 6.45) is 0.136. The predicted octanol–water partition coefficient (Wildman–Crippen LogP) is 2.70. The minimum Gasteiger partial charge on any atom is -0.493 e. The van der Waals surface area contributed by atoms with Crippen LogP contribution in [0.3, 0.4) is 0 Å². The van der Waals surface area contributed by atoms with Gasteiger partial charge in [0, 0.05) is 16.5 Å². The molecule has 90 valence electrons. The monoisotopic (exact) mass is 288 g/mol. The molecular weight excluding hydrogens is 272 g/mol. The number of rotatable bonds is 4. The van der Waals surface area contributed by atoms with Gasteiger partial charge in [0.2, 0.25) is 0 Å². The second-order valence-electron chi connectivity index (χ2n) is 3.75. The van der Waals surface area contributed by atoms with E-state index < -0.39 is 6.10 Å². The van der Waals surface area contributed by atoms with E-state index in [0.29, 0.717) is 17.9 Å². The lowest BCUT2D eigenvalue weighted by Crippen LogP contribution is -2.08. The molecule has 16 heavy (non-hydrogen) atoms. The molecule has 1 atom stereocenters. The minimum atomic E-state index is -0.411. The van der Waals surface area contributed by atoms with Crippen molar-refractivity contribution in [2.24, 2.45) is 0 Å². The fraction of sp³-hybridized carbons (Fsp3) is 0.500. The van der Waals surface area contributed by atoms with Crippen molar-refractivity contribution in [2.75, 3.05) is 14.2 Å². The van der Waals surface area contributed by atoms with Gasteiger partial charge in [0.1, 0.15) is 0 Å². The minimum absolute atomic E-state index is 0.411. The van der Waals surface area contributed by atoms with Crippen LogP contribution in [0.2, 0.25) is 0 Å². The first-order chi connectivity index (χ1) is 7.51. The molecule has 1 rings (SSSR count). The van der Waals surface area contributed by atoms with Gasteiger partial charge < -0.3 is 14.6 Å². The van der Waals surface area contributed by atoms with Crippen molar-refractivity contribution >= 4 is 15.9 Å². The summed E-state index contributed by atoms with van der Waals surface area (Å²) in [5.41, 5.74) is 2.04. The molecule has 0 radical (unpaired) electrons. The maximum atomic E-state index is 9.49. The molecule has 0 spiro atoms. The molecule has 1 N–H and O–H groups in total. The maximum Gasteiger partial charge on any atom is 0.164 e. The Morgan fingerprint density at radius 1 is 1.38 bits per heavy atom. The first-order valence-corrected chi connectivity index (χ1v) is 5.88. The fourth-order valence-corrected chi connectivity index (χ4v) is 2.12. The summed E-state index contributed by atoms with van der Waals surface area (Å²) in [5.74, 6) is 1.37. The van der Waals surface area contributed by atoms with Crippen molar-refractivity contribution in [1.82, 2.24) is 0 Å². The van der Waals surface area contributed by atoms with Gasteiger partial charge in [-0.15, -0.1) is 0 Å². The average Bonchev–Trinajstić information content (AvgIpc) is 2.23. The number of benzene rings is 1. The van der Waals surface area contributed by atoms with Crippen LogP contribution in [0, 0.1) is 6.92 Å². The molecule has 0 aliphatic heterocycles. The molecule has 3 nitrogen and oxygen atoms in total. The molecule has 0 aliphatic carbocycles. The number of aliphatic hydroxyl groups is 1. The van der Waals surface area contributed by atoms with Crippen molar-refractivity contribution in [3.05, 3.63) is 21.7 Å². The highest BCUT2D eigenvalue weighted by molar-refractivity contribution is 9.10. The molecule has 0 aliphatic rings. The third kappa shape index (κ3) is 2.68. The predicted molar refractivity (Wildman–Crippen MR) is 67.4 cm³/mol. The van der Waals surface area contributed by atoms with E-state index in [0.717, 1.165) is 15.6 Å². The summed E-state index contributed by atoms with van der Waals surface area (Å²) in [7, 11) is 3.21. The molecule has 1 unspecified atom stereocenters. The molecule has 4 heteroatoms. The number of halogens is 1. The average molecular weight is 289 g/mol. The van der Waals surface area contributed by atoms with E-state index in [9.17, 15) is 5.11 Å². The van der Waals surface area contributed by atoms with Gasteiger partial charge in [0.05, 0.1) is 20.3 Å². The summed E-state index contributed by atoms with van der Waals surface area (Å²) in [5, 5.41) is 9.49. The van der Waals surface area contributed by atoms with E-state index in [2.05, 4.69) is 15.9 Å². The molecule has 0 heterocycles. The van der Waals surface area contributed by atoms with Crippen molar-refractivity contribution in [1.29, 1.82) is 0 Å². The van der Waals surface area contributed by atoms with Gasteiger partial charge in [-0.05, 0) is 25.5 Å². The summed E-state index contributed by atoms with van der Waals surface area (Å²) >= 11 is 3.47. The Kier molecular flexibility index (Phi) is 4.62. The van der Waals surface area contributed by atoms with Crippen molar-refractivity contribution in [2.45, 2.75) is 26.4 Å². The Hall–Kier alpha value is -0.740. The zero-order valence-corrected chi connectivity index (χ0v) is 11.6. The number of methoxy groups -OCH3 is 2. The van der Waals surface area contributed by atoms with E-state index in [4.69, 9.17) is 9.47 Å². The van der Waals surface area contributed by atoms with Crippen LogP contribution >= 0.6 is 15.9 Å². The van der Waals surface area contributed by atoms with Crippen LogP contribution in [-0.2, 0) is 6.42 Å². The Morgan fingerprint density at radius 2 is 2.00 bits per heavy atom. The number of ether oxygens (including phenoxy) is 2. The van der Waals surface area contributed by atoms with Crippen LogP contribution in [0.4, 0.5) is 0 Å². The maximum absolute atomic E-state index is 9.49. The van der Waals surface area contributed by atoms with Gasteiger partial charge in [0.15, 0.2) is 11.5 Å². The highest BCUT2D eigenvalue weighted by atomic mass is 79.9. The molecule has 1 aromatic rings. The van der Waals surface area contributed by atoms with Gasteiger partial charge in [-0.25, -0.2) is 0 Å². The van der Waals surface area contributed by atoms with Crippen LogP contribution in [-0.4, -0.2) is 25.4 Å². The molecule has 1 aromatic carbocycles. The molecular formula is C12H17BrO3. The van der Waals surface area contributed by atoms with Crippen molar-refractivity contribution in [3.8, 4) is 11.5 Å². The van der Waals surface area contributed by atoms with Crippen LogP contribution < -0.4 is 9.47 Å². The molecule has 0 aromatic heterocycles. The van der Waals surface area contributed by atoms with Gasteiger partial charge >= 0.3 is 0 Å². The topological polar surface area (TPSA) is 38.7 Å². The normalized spacial score (nSPS) is 12.4. The summed E-state index contributed by atoms with van der Waals surface area (Å²) in [6, 6.07) is 1.87. The Bertz CT molecular complexity index is 375. The highest BCUT2D eigenvalue weighted by Crippen LogP contribution is 2.38. The first kappa shape index (κ1) is 13.3. The lowest BCUT2D eigenvalue weighted by atomic mass is 10.0. The lowest BCUT2D eigenvalue weighted by molar-refractivity contribution is 0.193. The van der Waals surface area contributed by atoms with E-state index >= 15 is 0 Å². The standard InChI is InChI=1S/C12H17BrO3/c1-7(14)5-9-8(2)10(13)6-11(15-3)12(9)16-4/h6-7,14H,5H2,1-4H3. The van der Waals surface area contributed by atoms with Gasteiger partial charge in [0.25, 0.3) is 0 Å². The van der Waals surface area contributed by atoms with E-state index in [1.165, 1.54) is 0 Å².